The van der Waals surface area contributed by atoms with Gasteiger partial charge in [0.15, 0.2) is 5.78 Å². The van der Waals surface area contributed by atoms with Crippen molar-refractivity contribution >= 4 is 16.7 Å². The molecular formula is C19H19N3O. The van der Waals surface area contributed by atoms with Crippen LogP contribution in [0, 0.1) is 0 Å². The first-order valence-corrected chi connectivity index (χ1v) is 8.04. The number of rotatable bonds is 3. The minimum Gasteiger partial charge on any atom is -0.315 e. The van der Waals surface area contributed by atoms with Crippen molar-refractivity contribution in [2.75, 3.05) is 6.54 Å². The van der Waals surface area contributed by atoms with Crippen LogP contribution >= 0.6 is 0 Å². The molecule has 1 fully saturated rings. The minimum atomic E-state index is 0.0929. The highest BCUT2D eigenvalue weighted by Crippen LogP contribution is 2.27. The van der Waals surface area contributed by atoms with Gasteiger partial charge in [0, 0.05) is 29.4 Å². The lowest BCUT2D eigenvalue weighted by atomic mass is 10.1. The summed E-state index contributed by atoms with van der Waals surface area (Å²) in [6, 6.07) is 10.5. The number of hydrogen-bond donors (Lipinski definition) is 1. The molecule has 0 bridgehead atoms. The highest BCUT2D eigenvalue weighted by Gasteiger charge is 2.17. The van der Waals surface area contributed by atoms with Gasteiger partial charge in [-0.05, 0) is 50.1 Å². The maximum absolute atomic E-state index is 11.8. The molecule has 1 aliphatic heterocycles. The van der Waals surface area contributed by atoms with Crippen molar-refractivity contribution in [3.05, 3.63) is 60.0 Å². The summed E-state index contributed by atoms with van der Waals surface area (Å²) in [5, 5.41) is 4.50. The van der Waals surface area contributed by atoms with E-state index in [1.165, 1.54) is 12.0 Å². The molecular weight excluding hydrogens is 286 g/mol. The summed E-state index contributed by atoms with van der Waals surface area (Å²) in [5.74, 6) is 0.0929. The molecule has 2 aromatic heterocycles. The fourth-order valence-electron chi connectivity index (χ4n) is 3.44. The summed E-state index contributed by atoms with van der Waals surface area (Å²) in [7, 11) is 0. The van der Waals surface area contributed by atoms with Crippen molar-refractivity contribution in [3.8, 4) is 5.69 Å². The summed E-state index contributed by atoms with van der Waals surface area (Å²) < 4.78 is 2.10. The minimum absolute atomic E-state index is 0.0929. The monoisotopic (exact) mass is 305 g/mol. The van der Waals surface area contributed by atoms with Gasteiger partial charge in [-0.3, -0.25) is 9.78 Å². The first kappa shape index (κ1) is 14.2. The number of ketones is 1. The first-order valence-electron chi connectivity index (χ1n) is 8.04. The van der Waals surface area contributed by atoms with E-state index in [0.29, 0.717) is 6.04 Å². The molecule has 23 heavy (non-hydrogen) atoms. The molecule has 0 saturated carbocycles. The predicted octanol–water partition coefficient (Wildman–Crippen LogP) is 3.65. The van der Waals surface area contributed by atoms with Crippen LogP contribution in [0.5, 0.6) is 0 Å². The second kappa shape index (κ2) is 5.63. The van der Waals surface area contributed by atoms with Crippen LogP contribution in [0.2, 0.25) is 0 Å². The Morgan fingerprint density at radius 2 is 2.22 bits per heavy atom. The number of carbonyl (C=O) groups excluding carboxylic acids is 1. The van der Waals surface area contributed by atoms with E-state index in [2.05, 4.69) is 20.9 Å². The Bertz CT molecular complexity index is 875. The van der Waals surface area contributed by atoms with E-state index >= 15 is 0 Å². The van der Waals surface area contributed by atoms with E-state index in [1.54, 1.807) is 6.92 Å². The predicted molar refractivity (Wildman–Crippen MR) is 91.1 cm³/mol. The van der Waals surface area contributed by atoms with Crippen LogP contribution in [-0.2, 0) is 0 Å². The quantitative estimate of drug-likeness (QED) is 0.751. The van der Waals surface area contributed by atoms with Gasteiger partial charge in [0.1, 0.15) is 0 Å². The molecule has 1 aliphatic rings. The van der Waals surface area contributed by atoms with Crippen LogP contribution in [0.15, 0.2) is 48.9 Å². The number of Topliss-reactive ketones (excluding diaryl/α,β-unsaturated/α-hetero) is 1. The van der Waals surface area contributed by atoms with Crippen LogP contribution < -0.4 is 5.32 Å². The molecule has 4 heteroatoms. The highest BCUT2D eigenvalue weighted by molar-refractivity contribution is 6.06. The maximum Gasteiger partial charge on any atom is 0.160 e. The third-order valence-electron chi connectivity index (χ3n) is 4.60. The summed E-state index contributed by atoms with van der Waals surface area (Å²) in [6.45, 7) is 2.68. The molecule has 1 N–H and O–H groups in total. The van der Waals surface area contributed by atoms with Gasteiger partial charge < -0.3 is 9.88 Å². The van der Waals surface area contributed by atoms with Crippen LogP contribution in [0.4, 0.5) is 0 Å². The Hall–Kier alpha value is -2.46. The summed E-state index contributed by atoms with van der Waals surface area (Å²) in [4.78, 5) is 16.2. The Labute approximate surface area is 135 Å². The number of nitrogens with zero attached hydrogens (tertiary/aromatic N) is 2. The van der Waals surface area contributed by atoms with E-state index in [-0.39, 0.29) is 5.78 Å². The standard InChI is InChI=1S/C19H19N3O/c1-13(23)16-4-2-6-19-17(16)7-9-22(19)15-10-14(11-20-12-15)18-5-3-8-21-18/h2,4,6-7,9-12,18,21H,3,5,8H2,1H3/t18-/m0/s1. The fourth-order valence-corrected chi connectivity index (χ4v) is 3.44. The van der Waals surface area contributed by atoms with E-state index < -0.39 is 0 Å². The average molecular weight is 305 g/mol. The number of carbonyl (C=O) groups is 1. The number of nitrogens with one attached hydrogen (secondary N) is 1. The third-order valence-corrected chi connectivity index (χ3v) is 4.60. The molecule has 0 spiro atoms. The lowest BCUT2D eigenvalue weighted by Gasteiger charge is -2.12. The van der Waals surface area contributed by atoms with Crippen molar-refractivity contribution in [3.63, 3.8) is 0 Å². The van der Waals surface area contributed by atoms with E-state index in [0.717, 1.165) is 35.1 Å². The molecule has 1 aromatic carbocycles. The average Bonchev–Trinajstić information content (AvgIpc) is 3.24. The Balaban J connectivity index is 1.82. The first-order chi connectivity index (χ1) is 11.2. The van der Waals surface area contributed by atoms with Gasteiger partial charge in [-0.2, -0.15) is 0 Å². The van der Waals surface area contributed by atoms with Gasteiger partial charge in [-0.1, -0.05) is 12.1 Å². The molecule has 3 aromatic rings. The van der Waals surface area contributed by atoms with Crippen molar-refractivity contribution in [2.24, 2.45) is 0 Å². The Morgan fingerprint density at radius 3 is 3.00 bits per heavy atom. The number of benzene rings is 1. The molecule has 3 heterocycles. The SMILES string of the molecule is CC(=O)c1cccc2c1ccn2-c1cncc([C@@H]2CCCN2)c1. The summed E-state index contributed by atoms with van der Waals surface area (Å²) >= 11 is 0. The smallest absolute Gasteiger partial charge is 0.160 e. The van der Waals surface area contributed by atoms with Gasteiger partial charge in [-0.25, -0.2) is 0 Å². The lowest BCUT2D eigenvalue weighted by Crippen LogP contribution is -2.13. The van der Waals surface area contributed by atoms with Gasteiger partial charge in [0.2, 0.25) is 0 Å². The van der Waals surface area contributed by atoms with Gasteiger partial charge in [-0.15, -0.1) is 0 Å². The van der Waals surface area contributed by atoms with Crippen molar-refractivity contribution in [1.82, 2.24) is 14.9 Å². The molecule has 0 unspecified atom stereocenters. The van der Waals surface area contributed by atoms with Crippen molar-refractivity contribution in [1.29, 1.82) is 0 Å². The lowest BCUT2D eigenvalue weighted by molar-refractivity contribution is 0.101. The van der Waals surface area contributed by atoms with Crippen LogP contribution in [0.1, 0.15) is 41.7 Å². The van der Waals surface area contributed by atoms with Gasteiger partial charge in [0.25, 0.3) is 0 Å². The van der Waals surface area contributed by atoms with Crippen molar-refractivity contribution < 1.29 is 4.79 Å². The van der Waals surface area contributed by atoms with Gasteiger partial charge in [0.05, 0.1) is 17.4 Å². The van der Waals surface area contributed by atoms with E-state index in [1.807, 2.05) is 42.9 Å². The molecule has 1 atom stereocenters. The molecule has 0 aliphatic carbocycles. The third kappa shape index (κ3) is 2.45. The molecule has 4 rings (SSSR count). The normalized spacial score (nSPS) is 17.7. The van der Waals surface area contributed by atoms with Crippen LogP contribution in [0.3, 0.4) is 0 Å². The topological polar surface area (TPSA) is 46.9 Å². The fraction of sp³-hybridized carbons (Fsp3) is 0.263. The Morgan fingerprint density at radius 1 is 1.30 bits per heavy atom. The Kier molecular flexibility index (Phi) is 3.46. The zero-order valence-electron chi connectivity index (χ0n) is 13.1. The number of hydrogen-bond acceptors (Lipinski definition) is 3. The molecule has 0 radical (unpaired) electrons. The van der Waals surface area contributed by atoms with Crippen LogP contribution in [0.25, 0.3) is 16.6 Å². The maximum atomic E-state index is 11.8. The van der Waals surface area contributed by atoms with Gasteiger partial charge >= 0.3 is 0 Å². The second-order valence-corrected chi connectivity index (χ2v) is 6.11. The molecule has 116 valence electrons. The van der Waals surface area contributed by atoms with E-state index in [9.17, 15) is 4.79 Å². The zero-order valence-corrected chi connectivity index (χ0v) is 13.1. The van der Waals surface area contributed by atoms with Crippen LogP contribution in [-0.4, -0.2) is 21.9 Å². The second-order valence-electron chi connectivity index (χ2n) is 6.11. The molecule has 1 saturated heterocycles. The number of aromatic nitrogens is 2. The molecule has 0 amide bonds. The largest absolute Gasteiger partial charge is 0.315 e. The number of pyridine rings is 1. The summed E-state index contributed by atoms with van der Waals surface area (Å²) in [6.07, 6.45) is 8.20. The highest BCUT2D eigenvalue weighted by atomic mass is 16.1. The summed E-state index contributed by atoms with van der Waals surface area (Å²) in [5.41, 5.74) is 4.07. The zero-order chi connectivity index (χ0) is 15.8. The van der Waals surface area contributed by atoms with E-state index in [4.69, 9.17) is 0 Å². The number of fused-ring (bicyclic) bond motifs is 1. The molecule has 4 nitrogen and oxygen atoms in total. The van der Waals surface area contributed by atoms with Crippen molar-refractivity contribution in [2.45, 2.75) is 25.8 Å².